The number of anilines is 1. The number of nitrogens with zero attached hydrogens (tertiary/aromatic N) is 3. The molecule has 1 aliphatic carbocycles. The fraction of sp³-hybridized carbons (Fsp3) is 0.714. The molecule has 0 radical (unpaired) electrons. The summed E-state index contributed by atoms with van der Waals surface area (Å²) in [6, 6.07) is 2.28. The number of rotatable bonds is 3. The van der Waals surface area contributed by atoms with Crippen LogP contribution in [-0.2, 0) is 4.79 Å². The van der Waals surface area contributed by atoms with Gasteiger partial charge >= 0.3 is 0 Å². The lowest BCUT2D eigenvalue weighted by molar-refractivity contribution is -0.139. The van der Waals surface area contributed by atoms with Crippen molar-refractivity contribution in [1.82, 2.24) is 9.88 Å². The Labute approximate surface area is 161 Å². The van der Waals surface area contributed by atoms with Crippen LogP contribution in [0.4, 0.5) is 5.69 Å². The average molecular weight is 373 g/mol. The lowest BCUT2D eigenvalue weighted by Gasteiger charge is -2.41. The molecule has 1 aromatic rings. The first-order valence-corrected chi connectivity index (χ1v) is 10.3. The minimum absolute atomic E-state index is 0.177. The number of aryl methyl sites for hydroxylation is 1. The van der Waals surface area contributed by atoms with Gasteiger partial charge in [0.05, 0.1) is 30.5 Å². The molecule has 4 rings (SSSR count). The first kappa shape index (κ1) is 18.5. The Hall–Kier alpha value is -1.82. The minimum atomic E-state index is -0.249. The third-order valence-electron chi connectivity index (χ3n) is 6.84. The Balaban J connectivity index is 1.50. The topological polar surface area (TPSA) is 65.9 Å². The summed E-state index contributed by atoms with van der Waals surface area (Å²) >= 11 is 0. The summed E-state index contributed by atoms with van der Waals surface area (Å²) in [6.45, 7) is 4.70. The standard InChI is InChI=1S/C21H31N3O3/c1-15-12-19(27-2)22-13-18(15)23-10-3-8-21(14-23)9-11-24(20(21)26)16-4-6-17(25)7-5-16/h12-13,16-17,25H,3-11,14H2,1-2H3/t16-,17-,21-/m1/s1. The van der Waals surface area contributed by atoms with Gasteiger partial charge < -0.3 is 19.6 Å². The Kier molecular flexibility index (Phi) is 5.01. The van der Waals surface area contributed by atoms with E-state index in [0.29, 0.717) is 17.8 Å². The summed E-state index contributed by atoms with van der Waals surface area (Å²) in [6.07, 6.45) is 8.20. The number of carbonyl (C=O) groups is 1. The van der Waals surface area contributed by atoms with Gasteiger partial charge in [0.2, 0.25) is 11.8 Å². The van der Waals surface area contributed by atoms with Crippen LogP contribution in [0.2, 0.25) is 0 Å². The summed E-state index contributed by atoms with van der Waals surface area (Å²) in [7, 11) is 1.63. The van der Waals surface area contributed by atoms with Crippen LogP contribution in [0.15, 0.2) is 12.3 Å². The summed E-state index contributed by atoms with van der Waals surface area (Å²) < 4.78 is 5.23. The van der Waals surface area contributed by atoms with Crippen molar-refractivity contribution in [3.8, 4) is 5.88 Å². The van der Waals surface area contributed by atoms with E-state index in [2.05, 4.69) is 21.7 Å². The molecule has 0 bridgehead atoms. The highest BCUT2D eigenvalue weighted by molar-refractivity contribution is 5.86. The summed E-state index contributed by atoms with van der Waals surface area (Å²) in [5.41, 5.74) is 2.00. The number of hydrogen-bond donors (Lipinski definition) is 1. The summed E-state index contributed by atoms with van der Waals surface area (Å²) in [4.78, 5) is 22.3. The van der Waals surface area contributed by atoms with Crippen LogP contribution >= 0.6 is 0 Å². The van der Waals surface area contributed by atoms with E-state index in [4.69, 9.17) is 4.74 Å². The average Bonchev–Trinajstić information content (AvgIpc) is 2.98. The number of aliphatic hydroxyl groups is 1. The molecule has 3 aliphatic rings. The molecule has 3 fully saturated rings. The lowest BCUT2D eigenvalue weighted by atomic mass is 9.78. The second kappa shape index (κ2) is 7.30. The molecular formula is C21H31N3O3. The van der Waals surface area contributed by atoms with Gasteiger partial charge in [-0.1, -0.05) is 0 Å². The van der Waals surface area contributed by atoms with Crippen LogP contribution in [0.25, 0.3) is 0 Å². The highest BCUT2D eigenvalue weighted by Crippen LogP contribution is 2.43. The van der Waals surface area contributed by atoms with Gasteiger partial charge in [0.15, 0.2) is 0 Å². The first-order valence-electron chi connectivity index (χ1n) is 10.3. The monoisotopic (exact) mass is 373 g/mol. The number of amides is 1. The van der Waals surface area contributed by atoms with Crippen LogP contribution in [0.1, 0.15) is 50.5 Å². The van der Waals surface area contributed by atoms with E-state index in [9.17, 15) is 9.90 Å². The van der Waals surface area contributed by atoms with Gasteiger partial charge in [-0.15, -0.1) is 0 Å². The van der Waals surface area contributed by atoms with Crippen LogP contribution in [0.5, 0.6) is 5.88 Å². The fourth-order valence-electron chi connectivity index (χ4n) is 5.25. The zero-order valence-electron chi connectivity index (χ0n) is 16.5. The normalized spacial score (nSPS) is 31.6. The number of methoxy groups -OCH3 is 1. The highest BCUT2D eigenvalue weighted by Gasteiger charge is 2.50. The summed E-state index contributed by atoms with van der Waals surface area (Å²) in [5, 5.41) is 9.78. The van der Waals surface area contributed by atoms with E-state index in [1.54, 1.807) is 7.11 Å². The second-order valence-electron chi connectivity index (χ2n) is 8.53. The van der Waals surface area contributed by atoms with Crippen LogP contribution in [0, 0.1) is 12.3 Å². The van der Waals surface area contributed by atoms with E-state index >= 15 is 0 Å². The first-order chi connectivity index (χ1) is 13.0. The number of carbonyl (C=O) groups excluding carboxylic acids is 1. The van der Waals surface area contributed by atoms with E-state index in [1.807, 2.05) is 12.3 Å². The molecule has 0 unspecified atom stereocenters. The Bertz CT molecular complexity index is 702. The van der Waals surface area contributed by atoms with Crippen molar-refractivity contribution >= 4 is 11.6 Å². The molecule has 27 heavy (non-hydrogen) atoms. The van der Waals surface area contributed by atoms with Crippen molar-refractivity contribution in [2.45, 2.75) is 64.0 Å². The highest BCUT2D eigenvalue weighted by atomic mass is 16.5. The molecule has 1 amide bonds. The van der Waals surface area contributed by atoms with Crippen molar-refractivity contribution < 1.29 is 14.6 Å². The van der Waals surface area contributed by atoms with Crippen LogP contribution in [-0.4, -0.2) is 59.8 Å². The van der Waals surface area contributed by atoms with Gasteiger partial charge in [-0.25, -0.2) is 4.98 Å². The van der Waals surface area contributed by atoms with Crippen LogP contribution < -0.4 is 9.64 Å². The zero-order chi connectivity index (χ0) is 19.0. The molecule has 6 heteroatoms. The minimum Gasteiger partial charge on any atom is -0.481 e. The molecule has 1 aromatic heterocycles. The predicted molar refractivity (Wildman–Crippen MR) is 104 cm³/mol. The number of piperidine rings is 1. The molecule has 1 spiro atoms. The van der Waals surface area contributed by atoms with Crippen molar-refractivity contribution in [2.75, 3.05) is 31.6 Å². The van der Waals surface area contributed by atoms with Crippen molar-refractivity contribution in [2.24, 2.45) is 5.41 Å². The second-order valence-corrected chi connectivity index (χ2v) is 8.53. The predicted octanol–water partition coefficient (Wildman–Crippen LogP) is 2.52. The van der Waals surface area contributed by atoms with E-state index in [0.717, 1.165) is 75.8 Å². The Morgan fingerprint density at radius 3 is 2.70 bits per heavy atom. The van der Waals surface area contributed by atoms with Gasteiger partial charge in [0.1, 0.15) is 0 Å². The molecule has 2 aliphatic heterocycles. The molecule has 6 nitrogen and oxygen atoms in total. The maximum atomic E-state index is 13.4. The summed E-state index contributed by atoms with van der Waals surface area (Å²) in [5.74, 6) is 0.971. The largest absolute Gasteiger partial charge is 0.481 e. The van der Waals surface area contributed by atoms with Crippen molar-refractivity contribution in [3.63, 3.8) is 0 Å². The SMILES string of the molecule is COc1cc(C)c(N2CCC[C@@]3(CCN([C@H]4CC[C@H](O)CC4)C3=O)C2)cn1. The maximum Gasteiger partial charge on any atom is 0.230 e. The number of pyridine rings is 1. The Morgan fingerprint density at radius 2 is 2.00 bits per heavy atom. The number of ether oxygens (including phenoxy) is 1. The molecule has 1 saturated carbocycles. The van der Waals surface area contributed by atoms with Crippen molar-refractivity contribution in [3.05, 3.63) is 17.8 Å². The quantitative estimate of drug-likeness (QED) is 0.882. The van der Waals surface area contributed by atoms with Crippen LogP contribution in [0.3, 0.4) is 0 Å². The van der Waals surface area contributed by atoms with Gasteiger partial charge in [-0.2, -0.15) is 0 Å². The van der Waals surface area contributed by atoms with Crippen molar-refractivity contribution in [1.29, 1.82) is 0 Å². The molecule has 2 saturated heterocycles. The van der Waals surface area contributed by atoms with E-state index < -0.39 is 0 Å². The smallest absolute Gasteiger partial charge is 0.230 e. The molecule has 148 valence electrons. The van der Waals surface area contributed by atoms with Gasteiger partial charge in [0, 0.05) is 31.7 Å². The third kappa shape index (κ3) is 3.40. The molecule has 0 aromatic carbocycles. The number of aromatic nitrogens is 1. The molecule has 3 heterocycles. The van der Waals surface area contributed by atoms with Gasteiger partial charge in [-0.05, 0) is 57.4 Å². The fourth-order valence-corrected chi connectivity index (χ4v) is 5.25. The molecular weight excluding hydrogens is 342 g/mol. The lowest BCUT2D eigenvalue weighted by Crippen LogP contribution is -2.50. The molecule has 1 atom stereocenters. The number of hydrogen-bond acceptors (Lipinski definition) is 5. The molecule has 1 N–H and O–H groups in total. The van der Waals surface area contributed by atoms with Gasteiger partial charge in [-0.3, -0.25) is 4.79 Å². The maximum absolute atomic E-state index is 13.4. The third-order valence-corrected chi connectivity index (χ3v) is 6.84. The van der Waals surface area contributed by atoms with Gasteiger partial charge in [0.25, 0.3) is 0 Å². The number of likely N-dealkylation sites (tertiary alicyclic amines) is 1. The van der Waals surface area contributed by atoms with E-state index in [1.165, 1.54) is 0 Å². The zero-order valence-corrected chi connectivity index (χ0v) is 16.5. The van der Waals surface area contributed by atoms with E-state index in [-0.39, 0.29) is 11.5 Å². The number of aliphatic hydroxyl groups excluding tert-OH is 1. The Morgan fingerprint density at radius 1 is 1.22 bits per heavy atom.